The Hall–Kier alpha value is -1.04. The smallest absolute Gasteiger partial charge is 0.0307 e. The molecule has 0 rings (SSSR count). The van der Waals surface area contributed by atoms with Gasteiger partial charge in [0.15, 0.2) is 0 Å². The minimum atomic E-state index is 1.04. The van der Waals surface area contributed by atoms with E-state index in [1.54, 1.807) is 12.2 Å². The molecule has 0 aromatic carbocycles. The molecular weight excluding hydrogens is 120 g/mol. The highest BCUT2D eigenvalue weighted by Gasteiger charge is 1.81. The van der Waals surface area contributed by atoms with E-state index in [1.165, 1.54) is 5.57 Å². The van der Waals surface area contributed by atoms with Crippen LogP contribution in [-0.4, -0.2) is 0 Å². The van der Waals surface area contributed by atoms with E-state index in [0.717, 1.165) is 6.42 Å². The van der Waals surface area contributed by atoms with Crippen molar-refractivity contribution in [3.05, 3.63) is 49.1 Å². The van der Waals surface area contributed by atoms with Crippen LogP contribution in [0.4, 0.5) is 0 Å². The first kappa shape index (κ1) is 8.96. The van der Waals surface area contributed by atoms with Gasteiger partial charge in [0.2, 0.25) is 0 Å². The lowest BCUT2D eigenvalue weighted by Gasteiger charge is -1.91. The van der Waals surface area contributed by atoms with E-state index in [4.69, 9.17) is 0 Å². The Balaban J connectivity index is 4.06. The quantitative estimate of drug-likeness (QED) is 0.518. The van der Waals surface area contributed by atoms with Crippen LogP contribution in [0, 0.1) is 0 Å². The van der Waals surface area contributed by atoms with Crippen LogP contribution in [0.3, 0.4) is 0 Å². The van der Waals surface area contributed by atoms with E-state index in [2.05, 4.69) is 20.1 Å². The maximum Gasteiger partial charge on any atom is -0.0307 e. The number of hydrogen-bond acceptors (Lipinski definition) is 0. The monoisotopic (exact) mass is 134 g/mol. The first-order valence-electron chi connectivity index (χ1n) is 3.45. The molecule has 0 saturated heterocycles. The molecule has 0 bridgehead atoms. The second-order valence-electron chi connectivity index (χ2n) is 1.93. The third-order valence-corrected chi connectivity index (χ3v) is 1.19. The van der Waals surface area contributed by atoms with Gasteiger partial charge < -0.3 is 0 Å². The molecule has 0 fully saturated rings. The number of rotatable bonds is 4. The zero-order chi connectivity index (χ0) is 7.82. The van der Waals surface area contributed by atoms with E-state index >= 15 is 0 Å². The summed E-state index contributed by atoms with van der Waals surface area (Å²) in [5.41, 5.74) is 1.27. The van der Waals surface area contributed by atoms with Crippen molar-refractivity contribution in [2.24, 2.45) is 0 Å². The molecular formula is C10H14. The van der Waals surface area contributed by atoms with Gasteiger partial charge >= 0.3 is 0 Å². The lowest BCUT2D eigenvalue weighted by Crippen LogP contribution is -1.70. The highest BCUT2D eigenvalue weighted by molar-refractivity contribution is 5.24. The Kier molecular flexibility index (Phi) is 5.45. The molecule has 0 nitrogen and oxygen atoms in total. The van der Waals surface area contributed by atoms with Gasteiger partial charge in [-0.15, -0.1) is 0 Å². The van der Waals surface area contributed by atoms with Gasteiger partial charge in [-0.2, -0.15) is 0 Å². The molecule has 0 atom stereocenters. The third kappa shape index (κ3) is 3.90. The van der Waals surface area contributed by atoms with Gasteiger partial charge in [0, 0.05) is 0 Å². The Morgan fingerprint density at radius 2 is 2.00 bits per heavy atom. The minimum Gasteiger partial charge on any atom is -0.0991 e. The van der Waals surface area contributed by atoms with Gasteiger partial charge in [0.1, 0.15) is 0 Å². The summed E-state index contributed by atoms with van der Waals surface area (Å²) in [6.45, 7) is 9.32. The third-order valence-electron chi connectivity index (χ3n) is 1.19. The van der Waals surface area contributed by atoms with Crippen LogP contribution in [0.15, 0.2) is 49.1 Å². The second kappa shape index (κ2) is 6.09. The average Bonchev–Trinajstić information content (AvgIpc) is 1.98. The zero-order valence-electron chi connectivity index (χ0n) is 6.51. The van der Waals surface area contributed by atoms with E-state index in [0.29, 0.717) is 0 Å². The van der Waals surface area contributed by atoms with Gasteiger partial charge in [-0.05, 0) is 12.0 Å². The fraction of sp³-hybridized carbons (Fsp3) is 0.200. The summed E-state index contributed by atoms with van der Waals surface area (Å²) in [6.07, 6.45) is 10.6. The highest BCUT2D eigenvalue weighted by Crippen LogP contribution is 2.01. The zero-order valence-corrected chi connectivity index (χ0v) is 6.51. The Bertz CT molecular complexity index is 159. The molecule has 0 amide bonds. The van der Waals surface area contributed by atoms with Gasteiger partial charge in [-0.25, -0.2) is 0 Å². The summed E-state index contributed by atoms with van der Waals surface area (Å²) in [6, 6.07) is 0. The van der Waals surface area contributed by atoms with Crippen molar-refractivity contribution < 1.29 is 0 Å². The van der Waals surface area contributed by atoms with Gasteiger partial charge in [-0.1, -0.05) is 50.5 Å². The maximum absolute atomic E-state index is 3.62. The fourth-order valence-electron chi connectivity index (χ4n) is 0.634. The molecule has 0 aromatic rings. The van der Waals surface area contributed by atoms with E-state index in [9.17, 15) is 0 Å². The van der Waals surface area contributed by atoms with Crippen molar-refractivity contribution in [1.82, 2.24) is 0 Å². The van der Waals surface area contributed by atoms with Crippen molar-refractivity contribution in [1.29, 1.82) is 0 Å². The maximum atomic E-state index is 3.62. The number of allylic oxidation sites excluding steroid dienone is 6. The average molecular weight is 134 g/mol. The lowest BCUT2D eigenvalue weighted by molar-refractivity contribution is 1.15. The van der Waals surface area contributed by atoms with Crippen LogP contribution >= 0.6 is 0 Å². The summed E-state index contributed by atoms with van der Waals surface area (Å²) in [5, 5.41) is 0. The molecule has 0 spiro atoms. The summed E-state index contributed by atoms with van der Waals surface area (Å²) < 4.78 is 0. The molecule has 54 valence electrons. The van der Waals surface area contributed by atoms with Gasteiger partial charge in [0.25, 0.3) is 0 Å². The first-order valence-corrected chi connectivity index (χ1v) is 3.45. The molecule has 0 heteroatoms. The molecule has 0 saturated carbocycles. The van der Waals surface area contributed by atoms with Crippen molar-refractivity contribution in [2.75, 3.05) is 0 Å². The number of hydrogen-bond donors (Lipinski definition) is 0. The molecule has 0 N–H and O–H groups in total. The van der Waals surface area contributed by atoms with E-state index < -0.39 is 0 Å². The molecule has 0 aromatic heterocycles. The summed E-state index contributed by atoms with van der Waals surface area (Å²) in [4.78, 5) is 0. The first-order chi connectivity index (χ1) is 4.85. The Morgan fingerprint density at radius 1 is 1.30 bits per heavy atom. The minimum absolute atomic E-state index is 1.04. The predicted octanol–water partition coefficient (Wildman–Crippen LogP) is 3.25. The standard InChI is InChI=1S/C10H14/c1-4-7-9-10(6-3)8-5-2/h4-5,7-9H,1-2,6H2,3H3. The van der Waals surface area contributed by atoms with Crippen LogP contribution in [0.5, 0.6) is 0 Å². The predicted molar refractivity (Wildman–Crippen MR) is 47.9 cm³/mol. The van der Waals surface area contributed by atoms with Crippen molar-refractivity contribution in [3.63, 3.8) is 0 Å². The summed E-state index contributed by atoms with van der Waals surface area (Å²) >= 11 is 0. The molecule has 0 aliphatic heterocycles. The van der Waals surface area contributed by atoms with Gasteiger partial charge in [-0.3, -0.25) is 0 Å². The van der Waals surface area contributed by atoms with Crippen LogP contribution in [-0.2, 0) is 0 Å². The summed E-state index contributed by atoms with van der Waals surface area (Å²) in [5.74, 6) is 0. The molecule has 0 unspecified atom stereocenters. The molecule has 0 aliphatic rings. The van der Waals surface area contributed by atoms with E-state index in [1.807, 2.05) is 18.2 Å². The molecule has 0 aliphatic carbocycles. The van der Waals surface area contributed by atoms with E-state index in [-0.39, 0.29) is 0 Å². The normalized spacial score (nSPS) is 11.9. The van der Waals surface area contributed by atoms with Crippen molar-refractivity contribution in [2.45, 2.75) is 13.3 Å². The molecule has 0 heterocycles. The highest BCUT2D eigenvalue weighted by atomic mass is 13.9. The molecule has 0 radical (unpaired) electrons. The Labute approximate surface area is 63.3 Å². The lowest BCUT2D eigenvalue weighted by atomic mass is 10.2. The SMILES string of the molecule is C=CC=CC(=CC=C)CC. The van der Waals surface area contributed by atoms with Crippen molar-refractivity contribution >= 4 is 0 Å². The van der Waals surface area contributed by atoms with Crippen molar-refractivity contribution in [3.8, 4) is 0 Å². The molecule has 10 heavy (non-hydrogen) atoms. The Morgan fingerprint density at radius 3 is 2.40 bits per heavy atom. The second-order valence-corrected chi connectivity index (χ2v) is 1.93. The van der Waals surface area contributed by atoms with Crippen LogP contribution in [0.25, 0.3) is 0 Å². The van der Waals surface area contributed by atoms with Gasteiger partial charge in [0.05, 0.1) is 0 Å². The van der Waals surface area contributed by atoms with Crippen LogP contribution < -0.4 is 0 Å². The van der Waals surface area contributed by atoms with Crippen LogP contribution in [0.2, 0.25) is 0 Å². The van der Waals surface area contributed by atoms with Crippen LogP contribution in [0.1, 0.15) is 13.3 Å². The topological polar surface area (TPSA) is 0 Å². The summed E-state index contributed by atoms with van der Waals surface area (Å²) in [7, 11) is 0. The fourth-order valence-corrected chi connectivity index (χ4v) is 0.634. The largest absolute Gasteiger partial charge is 0.0991 e.